The van der Waals surface area contributed by atoms with Crippen LogP contribution in [-0.4, -0.2) is 22.9 Å². The molecule has 0 aliphatic carbocycles. The van der Waals surface area contributed by atoms with E-state index in [0.717, 1.165) is 0 Å². The van der Waals surface area contributed by atoms with Crippen LogP contribution in [0.1, 0.15) is 11.4 Å². The molecule has 1 rings (SSSR count). The number of hydrogen-bond donors (Lipinski definition) is 1. The van der Waals surface area contributed by atoms with Gasteiger partial charge in [0.15, 0.2) is 0 Å². The summed E-state index contributed by atoms with van der Waals surface area (Å²) < 4.78 is 23.7. The van der Waals surface area contributed by atoms with Crippen molar-refractivity contribution in [1.29, 1.82) is 5.26 Å². The van der Waals surface area contributed by atoms with E-state index in [0.29, 0.717) is 5.82 Å². The molecule has 14 heavy (non-hydrogen) atoms. The topological polar surface area (TPSA) is 61.6 Å². The molecule has 74 valence electrons. The van der Waals surface area contributed by atoms with Crippen molar-refractivity contribution in [1.82, 2.24) is 9.97 Å². The van der Waals surface area contributed by atoms with E-state index in [2.05, 4.69) is 15.3 Å². The highest BCUT2D eigenvalue weighted by molar-refractivity contribution is 5.50. The van der Waals surface area contributed by atoms with Crippen molar-refractivity contribution in [2.24, 2.45) is 0 Å². The van der Waals surface area contributed by atoms with Crippen LogP contribution >= 0.6 is 0 Å². The molecule has 0 aromatic carbocycles. The van der Waals surface area contributed by atoms with Gasteiger partial charge in [-0.2, -0.15) is 5.26 Å². The van der Waals surface area contributed by atoms with Crippen LogP contribution in [0.25, 0.3) is 0 Å². The van der Waals surface area contributed by atoms with Crippen molar-refractivity contribution >= 4 is 5.82 Å². The molecule has 1 heterocycles. The molecule has 4 nitrogen and oxygen atoms in total. The molecule has 0 spiro atoms. The van der Waals surface area contributed by atoms with E-state index >= 15 is 0 Å². The zero-order chi connectivity index (χ0) is 10.6. The lowest BCUT2D eigenvalue weighted by Crippen LogP contribution is -2.13. The molecule has 0 aliphatic heterocycles. The van der Waals surface area contributed by atoms with E-state index in [-0.39, 0.29) is 11.4 Å². The second kappa shape index (κ2) is 4.46. The summed E-state index contributed by atoms with van der Waals surface area (Å²) in [5.74, 6) is 0.584. The number of anilines is 1. The van der Waals surface area contributed by atoms with Crippen LogP contribution in [0, 0.1) is 18.3 Å². The van der Waals surface area contributed by atoms with Crippen molar-refractivity contribution in [3.05, 3.63) is 17.6 Å². The molecular weight excluding hydrogens is 190 g/mol. The average molecular weight is 198 g/mol. The summed E-state index contributed by atoms with van der Waals surface area (Å²) in [5.41, 5.74) is 0.163. The van der Waals surface area contributed by atoms with Gasteiger partial charge in [-0.3, -0.25) is 0 Å². The Labute approximate surface area is 79.6 Å². The molecule has 0 radical (unpaired) electrons. The average Bonchev–Trinajstić information content (AvgIpc) is 2.15. The number of aromatic nitrogens is 2. The van der Waals surface area contributed by atoms with Gasteiger partial charge in [-0.1, -0.05) is 0 Å². The van der Waals surface area contributed by atoms with Gasteiger partial charge in [-0.05, 0) is 6.92 Å². The molecule has 0 saturated heterocycles. The minimum atomic E-state index is -2.48. The number of alkyl halides is 2. The Morgan fingerprint density at radius 2 is 2.36 bits per heavy atom. The number of hydrogen-bond acceptors (Lipinski definition) is 4. The van der Waals surface area contributed by atoms with Crippen molar-refractivity contribution < 1.29 is 8.78 Å². The summed E-state index contributed by atoms with van der Waals surface area (Å²) in [6, 6.07) is 1.81. The number of halogens is 2. The highest BCUT2D eigenvalue weighted by Gasteiger charge is 2.07. The largest absolute Gasteiger partial charge is 0.363 e. The maximum Gasteiger partial charge on any atom is 0.255 e. The van der Waals surface area contributed by atoms with E-state index in [9.17, 15) is 8.78 Å². The first kappa shape index (κ1) is 10.3. The highest BCUT2D eigenvalue weighted by atomic mass is 19.3. The normalized spacial score (nSPS) is 9.93. The van der Waals surface area contributed by atoms with Gasteiger partial charge in [0.25, 0.3) is 6.43 Å². The zero-order valence-electron chi connectivity index (χ0n) is 7.46. The van der Waals surface area contributed by atoms with E-state index < -0.39 is 13.0 Å². The minimum absolute atomic E-state index is 0.153. The Bertz CT molecular complexity index is 359. The monoisotopic (exact) mass is 198 g/mol. The molecule has 0 fully saturated rings. The first-order valence-electron chi connectivity index (χ1n) is 3.89. The summed E-state index contributed by atoms with van der Waals surface area (Å²) in [7, 11) is 0. The van der Waals surface area contributed by atoms with Crippen LogP contribution in [0.2, 0.25) is 0 Å². The molecular formula is C8H8F2N4. The Morgan fingerprint density at radius 3 is 2.93 bits per heavy atom. The fourth-order valence-corrected chi connectivity index (χ4v) is 0.860. The second-order valence-corrected chi connectivity index (χ2v) is 2.56. The number of nitrogens with one attached hydrogen (secondary N) is 1. The molecule has 0 unspecified atom stereocenters. The molecule has 1 aromatic rings. The summed E-state index contributed by atoms with van der Waals surface area (Å²) in [5, 5.41) is 11.0. The Kier molecular flexibility index (Phi) is 3.29. The fourth-order valence-electron chi connectivity index (χ4n) is 0.860. The van der Waals surface area contributed by atoms with Crippen molar-refractivity contribution in [3.63, 3.8) is 0 Å². The van der Waals surface area contributed by atoms with Gasteiger partial charge in [-0.25, -0.2) is 18.7 Å². The molecule has 0 atom stereocenters. The summed E-state index contributed by atoms with van der Waals surface area (Å²) in [6.07, 6.45) is -1.17. The first-order valence-corrected chi connectivity index (χ1v) is 3.89. The molecule has 0 aliphatic rings. The molecule has 1 aromatic heterocycles. The predicted molar refractivity (Wildman–Crippen MR) is 46.0 cm³/mol. The van der Waals surface area contributed by atoms with Crippen molar-refractivity contribution in [2.45, 2.75) is 13.3 Å². The Morgan fingerprint density at radius 1 is 1.64 bits per heavy atom. The SMILES string of the molecule is Cc1ncc(C#N)c(NCC(F)F)n1. The van der Waals surface area contributed by atoms with Crippen LogP contribution in [0.5, 0.6) is 0 Å². The fraction of sp³-hybridized carbons (Fsp3) is 0.375. The van der Waals surface area contributed by atoms with Gasteiger partial charge in [-0.15, -0.1) is 0 Å². The van der Waals surface area contributed by atoms with Crippen LogP contribution in [0.3, 0.4) is 0 Å². The second-order valence-electron chi connectivity index (χ2n) is 2.56. The third-order valence-electron chi connectivity index (χ3n) is 1.45. The van der Waals surface area contributed by atoms with Gasteiger partial charge >= 0.3 is 0 Å². The Hall–Kier alpha value is -1.77. The summed E-state index contributed by atoms with van der Waals surface area (Å²) in [6.45, 7) is 1.10. The number of rotatable bonds is 3. The lowest BCUT2D eigenvalue weighted by atomic mass is 10.3. The van der Waals surface area contributed by atoms with Crippen LogP contribution in [0.15, 0.2) is 6.20 Å². The van der Waals surface area contributed by atoms with Gasteiger partial charge in [0.05, 0.1) is 12.7 Å². The number of nitrogens with zero attached hydrogens (tertiary/aromatic N) is 3. The van der Waals surface area contributed by atoms with Crippen LogP contribution in [0.4, 0.5) is 14.6 Å². The lowest BCUT2D eigenvalue weighted by Gasteiger charge is -2.06. The maximum absolute atomic E-state index is 11.9. The van der Waals surface area contributed by atoms with Crippen molar-refractivity contribution in [3.8, 4) is 6.07 Å². The minimum Gasteiger partial charge on any atom is -0.363 e. The summed E-state index contributed by atoms with van der Waals surface area (Å²) in [4.78, 5) is 7.61. The third kappa shape index (κ3) is 2.62. The third-order valence-corrected chi connectivity index (χ3v) is 1.45. The predicted octanol–water partition coefficient (Wildman–Crippen LogP) is 1.33. The van der Waals surface area contributed by atoms with Crippen LogP contribution in [-0.2, 0) is 0 Å². The number of aryl methyl sites for hydroxylation is 1. The van der Waals surface area contributed by atoms with Crippen LogP contribution < -0.4 is 5.32 Å². The molecule has 0 amide bonds. The van der Waals surface area contributed by atoms with Gasteiger partial charge in [0.1, 0.15) is 23.3 Å². The van der Waals surface area contributed by atoms with E-state index in [1.54, 1.807) is 6.92 Å². The van der Waals surface area contributed by atoms with E-state index in [1.807, 2.05) is 6.07 Å². The quantitative estimate of drug-likeness (QED) is 0.795. The molecule has 0 saturated carbocycles. The standard InChI is InChI=1S/C8H8F2N4/c1-5-12-3-6(2-11)8(14-5)13-4-7(9)10/h3,7H,4H2,1H3,(H,12,13,14). The van der Waals surface area contributed by atoms with Gasteiger partial charge < -0.3 is 5.32 Å². The van der Waals surface area contributed by atoms with E-state index in [1.165, 1.54) is 6.20 Å². The smallest absolute Gasteiger partial charge is 0.255 e. The first-order chi connectivity index (χ1) is 6.63. The molecule has 6 heteroatoms. The van der Waals surface area contributed by atoms with Gasteiger partial charge in [0, 0.05) is 0 Å². The van der Waals surface area contributed by atoms with Crippen molar-refractivity contribution in [2.75, 3.05) is 11.9 Å². The van der Waals surface area contributed by atoms with Gasteiger partial charge in [0.2, 0.25) is 0 Å². The zero-order valence-corrected chi connectivity index (χ0v) is 7.46. The summed E-state index contributed by atoms with van der Waals surface area (Å²) >= 11 is 0. The van der Waals surface area contributed by atoms with E-state index in [4.69, 9.17) is 5.26 Å². The highest BCUT2D eigenvalue weighted by Crippen LogP contribution is 2.10. The Balaban J connectivity index is 2.84. The molecule has 1 N–H and O–H groups in total. The number of nitriles is 1. The molecule has 0 bridgehead atoms. The lowest BCUT2D eigenvalue weighted by molar-refractivity contribution is 0.163. The maximum atomic E-state index is 11.9.